The molecule has 0 fully saturated rings. The topological polar surface area (TPSA) is 73.2 Å². The summed E-state index contributed by atoms with van der Waals surface area (Å²) in [6.07, 6.45) is 1.80. The summed E-state index contributed by atoms with van der Waals surface area (Å²) in [5.74, 6) is -0.588. The molecule has 1 heterocycles. The molecule has 3 aromatic rings. The fourth-order valence-corrected chi connectivity index (χ4v) is 3.32. The van der Waals surface area contributed by atoms with Gasteiger partial charge in [-0.3, -0.25) is 14.2 Å². The molecule has 6 nitrogen and oxygen atoms in total. The number of esters is 1. The second kappa shape index (κ2) is 9.05. The molecule has 0 spiro atoms. The third-order valence-electron chi connectivity index (χ3n) is 3.80. The lowest BCUT2D eigenvalue weighted by molar-refractivity contribution is -0.140. The lowest BCUT2D eigenvalue weighted by Crippen LogP contribution is -2.31. The van der Waals surface area contributed by atoms with Gasteiger partial charge in [-0.05, 0) is 12.1 Å². The van der Waals surface area contributed by atoms with E-state index in [1.165, 1.54) is 18.9 Å². The number of imidazole rings is 1. The lowest BCUT2D eigenvalue weighted by atomic mass is 10.1. The minimum Gasteiger partial charge on any atom is -0.468 e. The molecule has 0 saturated heterocycles. The van der Waals surface area contributed by atoms with Gasteiger partial charge in [0.1, 0.15) is 6.54 Å². The van der Waals surface area contributed by atoms with Gasteiger partial charge in [0.2, 0.25) is 5.91 Å². The molecular weight excluding hydrogens is 362 g/mol. The van der Waals surface area contributed by atoms with Crippen LogP contribution in [0.4, 0.5) is 0 Å². The van der Waals surface area contributed by atoms with Gasteiger partial charge in [0.25, 0.3) is 0 Å². The highest BCUT2D eigenvalue weighted by Crippen LogP contribution is 2.29. The average Bonchev–Trinajstić information content (AvgIpc) is 3.15. The van der Waals surface area contributed by atoms with Crippen molar-refractivity contribution in [2.24, 2.45) is 0 Å². The van der Waals surface area contributed by atoms with Crippen LogP contribution in [0.5, 0.6) is 0 Å². The van der Waals surface area contributed by atoms with Crippen LogP contribution in [0, 0.1) is 0 Å². The van der Waals surface area contributed by atoms with E-state index in [0.29, 0.717) is 5.16 Å². The summed E-state index contributed by atoms with van der Waals surface area (Å²) in [6, 6.07) is 19.8. The van der Waals surface area contributed by atoms with Gasteiger partial charge in [0.15, 0.2) is 5.16 Å². The first kappa shape index (κ1) is 18.7. The smallest absolute Gasteiger partial charge is 0.325 e. The fourth-order valence-electron chi connectivity index (χ4n) is 2.50. The highest BCUT2D eigenvalue weighted by atomic mass is 32.2. The zero-order chi connectivity index (χ0) is 19.1. The monoisotopic (exact) mass is 381 g/mol. The zero-order valence-corrected chi connectivity index (χ0v) is 15.6. The lowest BCUT2D eigenvalue weighted by Gasteiger charge is -2.12. The number of ether oxygens (including phenoxy) is 1. The molecule has 1 amide bonds. The molecule has 27 heavy (non-hydrogen) atoms. The number of nitrogens with zero attached hydrogens (tertiary/aromatic N) is 2. The maximum atomic E-state index is 12.0. The molecule has 1 aromatic heterocycles. The number of carbonyl (C=O) groups is 2. The Bertz CT molecular complexity index is 911. The summed E-state index contributed by atoms with van der Waals surface area (Å²) in [7, 11) is 1.28. The van der Waals surface area contributed by atoms with Crippen LogP contribution < -0.4 is 5.32 Å². The molecule has 138 valence electrons. The van der Waals surface area contributed by atoms with E-state index in [4.69, 9.17) is 0 Å². The zero-order valence-electron chi connectivity index (χ0n) is 14.8. The second-order valence-corrected chi connectivity index (χ2v) is 6.55. The number of aromatic nitrogens is 2. The van der Waals surface area contributed by atoms with Crippen LogP contribution in [-0.2, 0) is 14.3 Å². The van der Waals surface area contributed by atoms with Crippen LogP contribution in [0.2, 0.25) is 0 Å². The molecule has 7 heteroatoms. The van der Waals surface area contributed by atoms with E-state index in [2.05, 4.69) is 15.0 Å². The molecule has 0 aliphatic rings. The van der Waals surface area contributed by atoms with Gasteiger partial charge in [-0.2, -0.15) is 0 Å². The molecule has 1 N–H and O–H groups in total. The predicted molar refractivity (Wildman–Crippen MR) is 105 cm³/mol. The van der Waals surface area contributed by atoms with Crippen molar-refractivity contribution in [2.45, 2.75) is 5.16 Å². The highest BCUT2D eigenvalue weighted by Gasteiger charge is 2.15. The second-order valence-electron chi connectivity index (χ2n) is 5.60. The summed E-state index contributed by atoms with van der Waals surface area (Å²) in [4.78, 5) is 27.6. The molecular formula is C20H19N3O3S. The van der Waals surface area contributed by atoms with Gasteiger partial charge < -0.3 is 10.1 Å². The number of nitrogens with one attached hydrogen (secondary N) is 1. The van der Waals surface area contributed by atoms with Crippen LogP contribution in [0.25, 0.3) is 16.9 Å². The molecule has 0 saturated carbocycles. The Hall–Kier alpha value is -3.06. The number of benzene rings is 2. The van der Waals surface area contributed by atoms with Gasteiger partial charge in [0, 0.05) is 11.3 Å². The molecule has 2 aromatic carbocycles. The number of hydrogen-bond acceptors (Lipinski definition) is 5. The average molecular weight is 381 g/mol. The van der Waals surface area contributed by atoms with E-state index >= 15 is 0 Å². The van der Waals surface area contributed by atoms with E-state index in [9.17, 15) is 9.59 Å². The van der Waals surface area contributed by atoms with Crippen LogP contribution in [0.15, 0.2) is 72.0 Å². The van der Waals surface area contributed by atoms with Crippen LogP contribution in [-0.4, -0.2) is 40.8 Å². The van der Waals surface area contributed by atoms with E-state index in [1.807, 2.05) is 65.2 Å². The van der Waals surface area contributed by atoms with Gasteiger partial charge >= 0.3 is 5.97 Å². The Balaban J connectivity index is 1.82. The maximum Gasteiger partial charge on any atom is 0.325 e. The number of para-hydroxylation sites is 1. The van der Waals surface area contributed by atoms with Crippen molar-refractivity contribution >= 4 is 23.6 Å². The Labute approximate surface area is 161 Å². The van der Waals surface area contributed by atoms with Crippen molar-refractivity contribution in [3.05, 3.63) is 66.9 Å². The summed E-state index contributed by atoms with van der Waals surface area (Å²) in [6.45, 7) is -0.141. The van der Waals surface area contributed by atoms with Crippen molar-refractivity contribution in [3.8, 4) is 16.9 Å². The molecule has 0 unspecified atom stereocenters. The number of hydrogen-bond donors (Lipinski definition) is 1. The first-order valence-electron chi connectivity index (χ1n) is 8.34. The number of thioether (sulfide) groups is 1. The summed E-state index contributed by atoms with van der Waals surface area (Å²) in [5, 5.41) is 3.23. The highest BCUT2D eigenvalue weighted by molar-refractivity contribution is 7.99. The van der Waals surface area contributed by atoms with Crippen molar-refractivity contribution in [1.82, 2.24) is 14.9 Å². The summed E-state index contributed by atoms with van der Waals surface area (Å²) < 4.78 is 6.54. The maximum absolute atomic E-state index is 12.0. The minimum absolute atomic E-state index is 0.141. The van der Waals surface area contributed by atoms with E-state index in [0.717, 1.165) is 16.9 Å². The standard InChI is InChI=1S/C20H19N3O3S/c1-26-19(25)13-21-18(24)14-27-20-22-12-17(15-8-4-2-5-9-15)23(20)16-10-6-3-7-11-16/h2-12H,13-14H2,1H3,(H,21,24). The number of rotatable bonds is 7. The number of carbonyl (C=O) groups excluding carboxylic acids is 2. The minimum atomic E-state index is -0.481. The normalized spacial score (nSPS) is 10.4. The Kier molecular flexibility index (Phi) is 6.27. The van der Waals surface area contributed by atoms with Crippen molar-refractivity contribution < 1.29 is 14.3 Å². The van der Waals surface area contributed by atoms with Crippen LogP contribution in [0.1, 0.15) is 0 Å². The molecule has 0 aliphatic carbocycles. The predicted octanol–water partition coefficient (Wildman–Crippen LogP) is 2.92. The van der Waals surface area contributed by atoms with Gasteiger partial charge in [-0.15, -0.1) is 0 Å². The third kappa shape index (κ3) is 4.77. The third-order valence-corrected chi connectivity index (χ3v) is 4.76. The van der Waals surface area contributed by atoms with Gasteiger partial charge in [-0.1, -0.05) is 60.3 Å². The largest absolute Gasteiger partial charge is 0.468 e. The SMILES string of the molecule is COC(=O)CNC(=O)CSc1ncc(-c2ccccc2)n1-c1ccccc1. The molecule has 3 rings (SSSR count). The first-order valence-corrected chi connectivity index (χ1v) is 9.32. The number of amides is 1. The van der Waals surface area contributed by atoms with E-state index < -0.39 is 5.97 Å². The molecule has 0 radical (unpaired) electrons. The molecule has 0 bridgehead atoms. The van der Waals surface area contributed by atoms with Crippen molar-refractivity contribution in [1.29, 1.82) is 0 Å². The van der Waals surface area contributed by atoms with E-state index in [-0.39, 0.29) is 18.2 Å². The first-order chi connectivity index (χ1) is 13.2. The van der Waals surface area contributed by atoms with Gasteiger partial charge in [-0.25, -0.2) is 4.98 Å². The van der Waals surface area contributed by atoms with Crippen LogP contribution >= 0.6 is 11.8 Å². The fraction of sp³-hybridized carbons (Fsp3) is 0.150. The summed E-state index contributed by atoms with van der Waals surface area (Å²) >= 11 is 1.31. The Morgan fingerprint density at radius 2 is 1.74 bits per heavy atom. The van der Waals surface area contributed by atoms with E-state index in [1.54, 1.807) is 6.20 Å². The van der Waals surface area contributed by atoms with Crippen molar-refractivity contribution in [3.63, 3.8) is 0 Å². The molecule has 0 aliphatic heterocycles. The van der Waals surface area contributed by atoms with Gasteiger partial charge in [0.05, 0.1) is 24.8 Å². The molecule has 0 atom stereocenters. The summed E-state index contributed by atoms with van der Waals surface area (Å²) in [5.41, 5.74) is 2.95. The van der Waals surface area contributed by atoms with Crippen LogP contribution in [0.3, 0.4) is 0 Å². The number of methoxy groups -OCH3 is 1. The quantitative estimate of drug-likeness (QED) is 0.503. The van der Waals surface area contributed by atoms with Crippen molar-refractivity contribution in [2.75, 3.05) is 19.4 Å². The Morgan fingerprint density at radius 3 is 2.41 bits per heavy atom. The Morgan fingerprint density at radius 1 is 1.07 bits per heavy atom.